The molecule has 1 saturated heterocycles. The minimum Gasteiger partial charge on any atom is -0.396 e. The number of benzene rings is 1. The van der Waals surface area contributed by atoms with Crippen molar-refractivity contribution in [2.75, 3.05) is 32.8 Å². The Morgan fingerprint density at radius 1 is 1.24 bits per heavy atom. The van der Waals surface area contributed by atoms with E-state index in [0.29, 0.717) is 0 Å². The first-order chi connectivity index (χ1) is 10.1. The number of nitrogens with zero attached hydrogens (tertiary/aromatic N) is 1. The zero-order valence-electron chi connectivity index (χ0n) is 12.9. The Kier molecular flexibility index (Phi) is 4.02. The Balaban J connectivity index is 2.00. The van der Waals surface area contributed by atoms with Crippen molar-refractivity contribution in [2.24, 2.45) is 5.41 Å². The van der Waals surface area contributed by atoms with Gasteiger partial charge in [-0.2, -0.15) is 0 Å². The normalized spacial score (nSPS) is 19.0. The van der Waals surface area contributed by atoms with Gasteiger partial charge in [0.1, 0.15) is 0 Å². The van der Waals surface area contributed by atoms with E-state index in [1.54, 1.807) is 0 Å². The van der Waals surface area contributed by atoms with Crippen LogP contribution in [0.2, 0.25) is 0 Å². The maximum absolute atomic E-state index is 9.88. The highest BCUT2D eigenvalue weighted by Gasteiger charge is 2.35. The molecule has 2 aromatic rings. The standard InChI is InChI=1S/C17H25N3O/c1-17(2,12-21)16(20-9-7-18-8-10-20)14-4-3-13-5-6-19-15(13)11-14/h3-6,11,16,18-19,21H,7-10,12H2,1-2H3/t16-/m0/s1. The summed E-state index contributed by atoms with van der Waals surface area (Å²) in [5.41, 5.74) is 2.28. The van der Waals surface area contributed by atoms with Crippen LogP contribution in [0.1, 0.15) is 25.5 Å². The zero-order valence-corrected chi connectivity index (χ0v) is 12.9. The molecule has 114 valence electrons. The first kappa shape index (κ1) is 14.6. The van der Waals surface area contributed by atoms with Gasteiger partial charge in [-0.15, -0.1) is 0 Å². The molecule has 0 radical (unpaired) electrons. The van der Waals surface area contributed by atoms with E-state index in [9.17, 15) is 5.11 Å². The first-order valence-corrected chi connectivity index (χ1v) is 7.74. The van der Waals surface area contributed by atoms with Crippen LogP contribution in [0.4, 0.5) is 0 Å². The lowest BCUT2D eigenvalue weighted by atomic mass is 9.79. The van der Waals surface area contributed by atoms with Gasteiger partial charge in [0.2, 0.25) is 0 Å². The van der Waals surface area contributed by atoms with Gasteiger partial charge >= 0.3 is 0 Å². The van der Waals surface area contributed by atoms with Crippen molar-refractivity contribution in [3.8, 4) is 0 Å². The predicted molar refractivity (Wildman–Crippen MR) is 86.3 cm³/mol. The number of rotatable bonds is 4. The minimum atomic E-state index is -0.169. The molecule has 0 bridgehead atoms. The van der Waals surface area contributed by atoms with Crippen molar-refractivity contribution in [3.05, 3.63) is 36.0 Å². The molecule has 1 aromatic heterocycles. The van der Waals surface area contributed by atoms with Crippen LogP contribution in [0, 0.1) is 5.41 Å². The number of fused-ring (bicyclic) bond motifs is 1. The Hall–Kier alpha value is -1.36. The van der Waals surface area contributed by atoms with Crippen molar-refractivity contribution in [1.82, 2.24) is 15.2 Å². The second-order valence-electron chi connectivity index (χ2n) is 6.66. The highest BCUT2D eigenvalue weighted by atomic mass is 16.3. The van der Waals surface area contributed by atoms with E-state index in [1.807, 2.05) is 6.20 Å². The molecular formula is C17H25N3O. The van der Waals surface area contributed by atoms with Crippen LogP contribution in [0.5, 0.6) is 0 Å². The Morgan fingerprint density at radius 3 is 2.71 bits per heavy atom. The zero-order chi connectivity index (χ0) is 14.9. The molecule has 0 saturated carbocycles. The molecule has 21 heavy (non-hydrogen) atoms. The molecule has 0 aliphatic carbocycles. The minimum absolute atomic E-state index is 0.169. The quantitative estimate of drug-likeness (QED) is 0.807. The molecule has 2 heterocycles. The molecule has 1 fully saturated rings. The van der Waals surface area contributed by atoms with Gasteiger partial charge in [-0.05, 0) is 23.1 Å². The predicted octanol–water partition coefficient (Wildman–Crippen LogP) is 2.13. The van der Waals surface area contributed by atoms with Gasteiger partial charge in [0.05, 0.1) is 0 Å². The number of nitrogens with one attached hydrogen (secondary N) is 2. The van der Waals surface area contributed by atoms with Crippen molar-refractivity contribution in [3.63, 3.8) is 0 Å². The summed E-state index contributed by atoms with van der Waals surface area (Å²) in [5.74, 6) is 0. The number of aliphatic hydroxyl groups is 1. The number of H-pyrrole nitrogens is 1. The van der Waals surface area contributed by atoms with Crippen LogP contribution in [0.15, 0.2) is 30.5 Å². The topological polar surface area (TPSA) is 51.3 Å². The van der Waals surface area contributed by atoms with E-state index in [1.165, 1.54) is 16.5 Å². The molecule has 3 N–H and O–H groups in total. The fourth-order valence-electron chi connectivity index (χ4n) is 3.42. The maximum Gasteiger partial charge on any atom is 0.0500 e. The van der Waals surface area contributed by atoms with Gasteiger partial charge in [0.25, 0.3) is 0 Å². The SMILES string of the molecule is CC(C)(CO)[C@H](c1ccc2cc[nH]c2c1)N1CCNCC1. The molecule has 0 spiro atoms. The largest absolute Gasteiger partial charge is 0.396 e. The van der Waals surface area contributed by atoms with Crippen LogP contribution >= 0.6 is 0 Å². The molecule has 4 nitrogen and oxygen atoms in total. The van der Waals surface area contributed by atoms with Crippen LogP contribution in [-0.2, 0) is 0 Å². The Bertz CT molecular complexity index is 599. The van der Waals surface area contributed by atoms with Crippen molar-refractivity contribution < 1.29 is 5.11 Å². The van der Waals surface area contributed by atoms with E-state index in [2.05, 4.69) is 53.3 Å². The summed E-state index contributed by atoms with van der Waals surface area (Å²) in [6.07, 6.45) is 1.98. The highest BCUT2D eigenvalue weighted by Crippen LogP contribution is 2.39. The highest BCUT2D eigenvalue weighted by molar-refractivity contribution is 5.80. The Labute approximate surface area is 126 Å². The van der Waals surface area contributed by atoms with Crippen molar-refractivity contribution in [1.29, 1.82) is 0 Å². The van der Waals surface area contributed by atoms with Gasteiger partial charge in [0, 0.05) is 56.0 Å². The lowest BCUT2D eigenvalue weighted by molar-refractivity contribution is 0.0306. The summed E-state index contributed by atoms with van der Waals surface area (Å²) in [5, 5.41) is 14.5. The van der Waals surface area contributed by atoms with Crippen LogP contribution < -0.4 is 5.32 Å². The average Bonchev–Trinajstić information content (AvgIpc) is 2.96. The van der Waals surface area contributed by atoms with Gasteiger partial charge < -0.3 is 15.4 Å². The van der Waals surface area contributed by atoms with Gasteiger partial charge in [-0.3, -0.25) is 4.90 Å². The molecule has 1 aliphatic heterocycles. The smallest absolute Gasteiger partial charge is 0.0500 e. The fourth-order valence-corrected chi connectivity index (χ4v) is 3.42. The van der Waals surface area contributed by atoms with Gasteiger partial charge in [-0.1, -0.05) is 26.0 Å². The summed E-state index contributed by atoms with van der Waals surface area (Å²) in [6, 6.07) is 8.94. The summed E-state index contributed by atoms with van der Waals surface area (Å²) in [7, 11) is 0. The third-order valence-electron chi connectivity index (χ3n) is 4.56. The maximum atomic E-state index is 9.88. The van der Waals surface area contributed by atoms with E-state index in [0.717, 1.165) is 26.2 Å². The summed E-state index contributed by atoms with van der Waals surface area (Å²) >= 11 is 0. The lowest BCUT2D eigenvalue weighted by Gasteiger charge is -2.43. The molecule has 0 amide bonds. The van der Waals surface area contributed by atoms with Crippen LogP contribution in [0.25, 0.3) is 10.9 Å². The van der Waals surface area contributed by atoms with E-state index in [4.69, 9.17) is 0 Å². The van der Waals surface area contributed by atoms with Crippen molar-refractivity contribution >= 4 is 10.9 Å². The molecule has 3 rings (SSSR count). The molecule has 0 unspecified atom stereocenters. The molecule has 1 atom stereocenters. The van der Waals surface area contributed by atoms with Gasteiger partial charge in [0.15, 0.2) is 0 Å². The van der Waals surface area contributed by atoms with Gasteiger partial charge in [-0.25, -0.2) is 0 Å². The number of hydrogen-bond acceptors (Lipinski definition) is 3. The third-order valence-corrected chi connectivity index (χ3v) is 4.56. The lowest BCUT2D eigenvalue weighted by Crippen LogP contribution is -2.49. The van der Waals surface area contributed by atoms with Crippen LogP contribution in [-0.4, -0.2) is 47.8 Å². The fraction of sp³-hybridized carbons (Fsp3) is 0.529. The number of piperazine rings is 1. The molecule has 4 heteroatoms. The van der Waals surface area contributed by atoms with Crippen molar-refractivity contribution in [2.45, 2.75) is 19.9 Å². The molecular weight excluding hydrogens is 262 g/mol. The number of aromatic nitrogens is 1. The monoisotopic (exact) mass is 287 g/mol. The number of aliphatic hydroxyl groups excluding tert-OH is 1. The number of aromatic amines is 1. The summed E-state index contributed by atoms with van der Waals surface area (Å²) < 4.78 is 0. The van der Waals surface area contributed by atoms with E-state index >= 15 is 0 Å². The summed E-state index contributed by atoms with van der Waals surface area (Å²) in [4.78, 5) is 5.79. The summed E-state index contributed by atoms with van der Waals surface area (Å²) in [6.45, 7) is 8.57. The second kappa shape index (κ2) is 5.79. The third kappa shape index (κ3) is 2.84. The molecule has 1 aromatic carbocycles. The first-order valence-electron chi connectivity index (χ1n) is 7.74. The van der Waals surface area contributed by atoms with E-state index < -0.39 is 0 Å². The average molecular weight is 287 g/mol. The second-order valence-corrected chi connectivity index (χ2v) is 6.66. The Morgan fingerprint density at radius 2 is 2.00 bits per heavy atom. The number of hydrogen-bond donors (Lipinski definition) is 3. The van der Waals surface area contributed by atoms with E-state index in [-0.39, 0.29) is 18.1 Å². The molecule has 1 aliphatic rings. The van der Waals surface area contributed by atoms with Crippen LogP contribution in [0.3, 0.4) is 0 Å².